The Morgan fingerprint density at radius 2 is 1.87 bits per heavy atom. The zero-order valence-corrected chi connectivity index (χ0v) is 10.4. The third-order valence-electron chi connectivity index (χ3n) is 3.66. The number of hydrogen-bond donors (Lipinski definition) is 0. The summed E-state index contributed by atoms with van der Waals surface area (Å²) in [5, 5.41) is 0. The van der Waals surface area contributed by atoms with Gasteiger partial charge in [-0.05, 0) is 31.1 Å². The van der Waals surface area contributed by atoms with Crippen LogP contribution in [-0.2, 0) is 4.79 Å². The lowest BCUT2D eigenvalue weighted by Crippen LogP contribution is -2.48. The smallest absolute Gasteiger partial charge is 0.209 e. The third-order valence-corrected chi connectivity index (χ3v) is 3.66. The molecule has 0 N–H and O–H groups in total. The van der Waals surface area contributed by atoms with E-state index in [2.05, 4.69) is 11.8 Å². The van der Waals surface area contributed by atoms with Crippen LogP contribution in [0.2, 0.25) is 0 Å². The van der Waals surface area contributed by atoms with E-state index >= 15 is 0 Å². The maximum absolute atomic E-state index is 10.9. The molecule has 0 bridgehead atoms. The average molecular weight is 211 g/mol. The first-order chi connectivity index (χ1) is 7.31. The van der Waals surface area contributed by atoms with Crippen molar-refractivity contribution >= 4 is 6.41 Å². The molecule has 2 heteroatoms. The van der Waals surface area contributed by atoms with E-state index in [-0.39, 0.29) is 0 Å². The molecule has 0 aromatic carbocycles. The highest BCUT2D eigenvalue weighted by molar-refractivity contribution is 5.48. The Bertz CT molecular complexity index is 193. The van der Waals surface area contributed by atoms with E-state index in [1.165, 1.54) is 32.1 Å². The number of hydrogen-bond acceptors (Lipinski definition) is 1. The van der Waals surface area contributed by atoms with Crippen molar-refractivity contribution in [3.8, 4) is 0 Å². The topological polar surface area (TPSA) is 20.3 Å². The van der Waals surface area contributed by atoms with Gasteiger partial charge in [-0.1, -0.05) is 33.6 Å². The first-order valence-corrected chi connectivity index (χ1v) is 6.52. The highest BCUT2D eigenvalue weighted by Crippen LogP contribution is 2.36. The molecule has 2 fully saturated rings. The van der Waals surface area contributed by atoms with E-state index in [0.717, 1.165) is 18.9 Å². The highest BCUT2D eigenvalue weighted by Gasteiger charge is 2.34. The Morgan fingerprint density at radius 3 is 2.53 bits per heavy atom. The van der Waals surface area contributed by atoms with Crippen LogP contribution in [0.1, 0.15) is 52.9 Å². The number of nitrogens with zero attached hydrogens (tertiary/aromatic N) is 1. The van der Waals surface area contributed by atoms with Crippen molar-refractivity contribution in [2.75, 3.05) is 6.54 Å². The summed E-state index contributed by atoms with van der Waals surface area (Å²) in [6.07, 6.45) is 7.70. The molecule has 1 saturated heterocycles. The summed E-state index contributed by atoms with van der Waals surface area (Å²) < 4.78 is 0. The number of piperidine rings is 1. The van der Waals surface area contributed by atoms with Crippen LogP contribution in [0.3, 0.4) is 0 Å². The molecular weight excluding hydrogens is 186 g/mol. The summed E-state index contributed by atoms with van der Waals surface area (Å²) in [5.74, 6) is 1.52. The van der Waals surface area contributed by atoms with E-state index in [0.29, 0.717) is 12.0 Å². The van der Waals surface area contributed by atoms with Gasteiger partial charge in [-0.25, -0.2) is 0 Å². The number of fused-ring (bicyclic) bond motifs is 1. The third kappa shape index (κ3) is 2.96. The van der Waals surface area contributed by atoms with Gasteiger partial charge in [0.05, 0.1) is 0 Å². The predicted molar refractivity (Wildman–Crippen MR) is 63.6 cm³/mol. The van der Waals surface area contributed by atoms with Gasteiger partial charge in [-0.3, -0.25) is 4.79 Å². The lowest BCUT2D eigenvalue weighted by Gasteiger charge is -2.44. The van der Waals surface area contributed by atoms with Gasteiger partial charge >= 0.3 is 0 Å². The zero-order valence-electron chi connectivity index (χ0n) is 10.4. The van der Waals surface area contributed by atoms with Crippen LogP contribution in [0.25, 0.3) is 0 Å². The highest BCUT2D eigenvalue weighted by atomic mass is 16.1. The second kappa shape index (κ2) is 6.14. The molecular formula is C13H25NO. The molecule has 3 atom stereocenters. The lowest BCUT2D eigenvalue weighted by atomic mass is 9.75. The molecule has 1 saturated carbocycles. The van der Waals surface area contributed by atoms with Crippen LogP contribution >= 0.6 is 0 Å². The standard InChI is InChI=1S/C11H19NO.C2H6/c1-9-6-10-4-2-3-5-11(10)12(7-9)8-13;1-2/h8-11H,2-7H2,1H3;1-2H3. The van der Waals surface area contributed by atoms with E-state index in [1.54, 1.807) is 0 Å². The molecule has 0 aromatic rings. The Hall–Kier alpha value is -0.530. The molecule has 2 aliphatic rings. The summed E-state index contributed by atoms with van der Waals surface area (Å²) in [4.78, 5) is 12.9. The number of rotatable bonds is 1. The fourth-order valence-electron chi connectivity index (χ4n) is 3.11. The summed E-state index contributed by atoms with van der Waals surface area (Å²) in [6.45, 7) is 7.26. The van der Waals surface area contributed by atoms with E-state index in [4.69, 9.17) is 0 Å². The number of likely N-dealkylation sites (tertiary alicyclic amines) is 1. The Kier molecular flexibility index (Phi) is 5.13. The normalized spacial score (nSPS) is 34.9. The molecule has 3 unspecified atom stereocenters. The first-order valence-electron chi connectivity index (χ1n) is 6.52. The van der Waals surface area contributed by atoms with Crippen molar-refractivity contribution in [3.63, 3.8) is 0 Å². The molecule has 2 rings (SSSR count). The number of carbonyl (C=O) groups is 1. The van der Waals surface area contributed by atoms with Crippen molar-refractivity contribution in [3.05, 3.63) is 0 Å². The summed E-state index contributed by atoms with van der Waals surface area (Å²) in [7, 11) is 0. The minimum absolute atomic E-state index is 0.586. The second-order valence-corrected chi connectivity index (χ2v) is 4.75. The van der Waals surface area contributed by atoms with Gasteiger partial charge < -0.3 is 4.90 Å². The molecule has 15 heavy (non-hydrogen) atoms. The van der Waals surface area contributed by atoms with Gasteiger partial charge in [0.25, 0.3) is 0 Å². The first kappa shape index (κ1) is 12.5. The molecule has 2 nitrogen and oxygen atoms in total. The maximum atomic E-state index is 10.9. The van der Waals surface area contributed by atoms with Crippen molar-refractivity contribution in [2.24, 2.45) is 11.8 Å². The van der Waals surface area contributed by atoms with Crippen LogP contribution in [0, 0.1) is 11.8 Å². The molecule has 1 aliphatic carbocycles. The van der Waals surface area contributed by atoms with Crippen LogP contribution in [-0.4, -0.2) is 23.9 Å². The summed E-state index contributed by atoms with van der Waals surface area (Å²) in [6, 6.07) is 0.586. The van der Waals surface area contributed by atoms with Gasteiger partial charge in [0.15, 0.2) is 0 Å². The second-order valence-electron chi connectivity index (χ2n) is 4.75. The Morgan fingerprint density at radius 1 is 1.20 bits per heavy atom. The maximum Gasteiger partial charge on any atom is 0.209 e. The predicted octanol–water partition coefficient (Wildman–Crippen LogP) is 3.07. The summed E-state index contributed by atoms with van der Waals surface area (Å²) in [5.41, 5.74) is 0. The van der Waals surface area contributed by atoms with Gasteiger partial charge in [-0.15, -0.1) is 0 Å². The van der Waals surface area contributed by atoms with Crippen LogP contribution in [0.4, 0.5) is 0 Å². The average Bonchev–Trinajstić information content (AvgIpc) is 2.30. The van der Waals surface area contributed by atoms with E-state index in [9.17, 15) is 4.79 Å². The molecule has 0 aromatic heterocycles. The fourth-order valence-corrected chi connectivity index (χ4v) is 3.11. The van der Waals surface area contributed by atoms with Crippen molar-refractivity contribution in [1.29, 1.82) is 0 Å². The van der Waals surface area contributed by atoms with Gasteiger partial charge in [0.1, 0.15) is 0 Å². The van der Waals surface area contributed by atoms with Crippen molar-refractivity contribution in [1.82, 2.24) is 4.90 Å². The fraction of sp³-hybridized carbons (Fsp3) is 0.923. The number of carbonyl (C=O) groups excluding carboxylic acids is 1. The minimum Gasteiger partial charge on any atom is -0.342 e. The number of amides is 1. The Balaban J connectivity index is 0.000000531. The van der Waals surface area contributed by atoms with Crippen molar-refractivity contribution < 1.29 is 4.79 Å². The van der Waals surface area contributed by atoms with E-state index < -0.39 is 0 Å². The molecule has 0 spiro atoms. The Labute approximate surface area is 94.0 Å². The molecule has 0 radical (unpaired) electrons. The monoisotopic (exact) mass is 211 g/mol. The minimum atomic E-state index is 0.586. The van der Waals surface area contributed by atoms with Gasteiger partial charge in [0, 0.05) is 12.6 Å². The zero-order chi connectivity index (χ0) is 11.3. The quantitative estimate of drug-likeness (QED) is 0.610. The van der Waals surface area contributed by atoms with E-state index in [1.807, 2.05) is 13.8 Å². The van der Waals surface area contributed by atoms with Gasteiger partial charge in [0.2, 0.25) is 6.41 Å². The SMILES string of the molecule is CC.CC1CC2CCCCC2N(C=O)C1. The van der Waals surface area contributed by atoms with Crippen molar-refractivity contribution in [2.45, 2.75) is 58.9 Å². The van der Waals surface area contributed by atoms with Crippen LogP contribution < -0.4 is 0 Å². The summed E-state index contributed by atoms with van der Waals surface area (Å²) >= 11 is 0. The lowest BCUT2D eigenvalue weighted by molar-refractivity contribution is -0.125. The van der Waals surface area contributed by atoms with Crippen LogP contribution in [0.15, 0.2) is 0 Å². The van der Waals surface area contributed by atoms with Gasteiger partial charge in [-0.2, -0.15) is 0 Å². The molecule has 88 valence electrons. The molecule has 1 aliphatic heterocycles. The van der Waals surface area contributed by atoms with Crippen LogP contribution in [0.5, 0.6) is 0 Å². The molecule has 1 heterocycles. The molecule has 1 amide bonds. The largest absolute Gasteiger partial charge is 0.342 e.